The molecule has 0 N–H and O–H groups in total. The van der Waals surface area contributed by atoms with Gasteiger partial charge in [-0.1, -0.05) is 30.3 Å². The Hall–Kier alpha value is -1.81. The first-order valence-electron chi connectivity index (χ1n) is 6.97. The Kier molecular flexibility index (Phi) is 3.97. The van der Waals surface area contributed by atoms with Crippen molar-refractivity contribution in [3.05, 3.63) is 59.1 Å². The van der Waals surface area contributed by atoms with E-state index in [1.807, 2.05) is 30.7 Å². The van der Waals surface area contributed by atoms with Gasteiger partial charge in [-0.2, -0.15) is 0 Å². The molecule has 0 aliphatic carbocycles. The summed E-state index contributed by atoms with van der Waals surface area (Å²) in [7, 11) is 0. The smallest absolute Gasteiger partial charge is 0.134 e. The fourth-order valence-electron chi connectivity index (χ4n) is 2.39. The predicted octanol–water partition coefficient (Wildman–Crippen LogP) is 4.96. The summed E-state index contributed by atoms with van der Waals surface area (Å²) in [5.41, 5.74) is 1.07. The molecule has 1 aromatic heterocycles. The molecule has 3 nitrogen and oxygen atoms in total. The van der Waals surface area contributed by atoms with Crippen molar-refractivity contribution >= 4 is 26.7 Å². The molecular weight excluding hydrogens is 328 g/mol. The minimum absolute atomic E-state index is 0.381. The summed E-state index contributed by atoms with van der Waals surface area (Å²) < 4.78 is 9.09. The van der Waals surface area contributed by atoms with Gasteiger partial charge >= 0.3 is 0 Å². The normalized spacial score (nSPS) is 11.2. The average molecular weight is 345 g/mol. The molecule has 0 atom stereocenters. The number of rotatable bonds is 4. The summed E-state index contributed by atoms with van der Waals surface area (Å²) in [6.45, 7) is 4.78. The summed E-state index contributed by atoms with van der Waals surface area (Å²) in [5.74, 6) is 0.852. The van der Waals surface area contributed by atoms with E-state index in [2.05, 4.69) is 57.5 Å². The zero-order valence-corrected chi connectivity index (χ0v) is 13.7. The van der Waals surface area contributed by atoms with E-state index < -0.39 is 0 Å². The highest BCUT2D eigenvalue weighted by Gasteiger charge is 2.09. The molecule has 0 amide bonds. The topological polar surface area (TPSA) is 27.1 Å². The fourth-order valence-corrected chi connectivity index (χ4v) is 2.99. The van der Waals surface area contributed by atoms with Crippen LogP contribution < -0.4 is 4.74 Å². The van der Waals surface area contributed by atoms with Crippen molar-refractivity contribution in [2.75, 3.05) is 0 Å². The van der Waals surface area contributed by atoms with Gasteiger partial charge in [-0.15, -0.1) is 0 Å². The predicted molar refractivity (Wildman–Crippen MR) is 88.6 cm³/mol. The van der Waals surface area contributed by atoms with Gasteiger partial charge in [0.1, 0.15) is 12.4 Å². The Morgan fingerprint density at radius 3 is 2.81 bits per heavy atom. The largest absolute Gasteiger partial charge is 0.486 e. The summed E-state index contributed by atoms with van der Waals surface area (Å²) in [6.07, 6.45) is 3.70. The summed E-state index contributed by atoms with van der Waals surface area (Å²) in [4.78, 5) is 4.20. The van der Waals surface area contributed by atoms with E-state index >= 15 is 0 Å². The van der Waals surface area contributed by atoms with Crippen LogP contribution in [0.5, 0.6) is 5.75 Å². The van der Waals surface area contributed by atoms with Gasteiger partial charge in [-0.05, 0) is 46.6 Å². The van der Waals surface area contributed by atoms with Gasteiger partial charge in [0.15, 0.2) is 0 Å². The van der Waals surface area contributed by atoms with Gasteiger partial charge in [0.2, 0.25) is 0 Å². The summed E-state index contributed by atoms with van der Waals surface area (Å²) in [6, 6.07) is 12.7. The van der Waals surface area contributed by atoms with Gasteiger partial charge in [0, 0.05) is 6.04 Å². The molecule has 0 bridgehead atoms. The molecule has 3 aromatic rings. The molecule has 2 aromatic carbocycles. The van der Waals surface area contributed by atoms with Crippen molar-refractivity contribution in [3.8, 4) is 5.75 Å². The SMILES string of the molecule is CC(C)n1cncc1COc1ccc2ccccc2c1Br. The molecule has 0 aliphatic heterocycles. The maximum Gasteiger partial charge on any atom is 0.134 e. The lowest BCUT2D eigenvalue weighted by Gasteiger charge is -2.14. The molecule has 0 saturated carbocycles. The molecule has 21 heavy (non-hydrogen) atoms. The number of ether oxygens (including phenoxy) is 1. The Morgan fingerprint density at radius 2 is 2.00 bits per heavy atom. The first-order valence-corrected chi connectivity index (χ1v) is 7.77. The van der Waals surface area contributed by atoms with E-state index in [4.69, 9.17) is 4.74 Å². The fraction of sp³-hybridized carbons (Fsp3) is 0.235. The van der Waals surface area contributed by atoms with Gasteiger partial charge < -0.3 is 9.30 Å². The number of benzene rings is 2. The van der Waals surface area contributed by atoms with Crippen LogP contribution in [-0.2, 0) is 6.61 Å². The Bertz CT molecular complexity index is 764. The van der Waals surface area contributed by atoms with Crippen molar-refractivity contribution < 1.29 is 4.74 Å². The third-order valence-corrected chi connectivity index (χ3v) is 4.32. The molecular formula is C17H17BrN2O. The molecule has 3 rings (SSSR count). The second-order valence-corrected chi connectivity index (χ2v) is 6.07. The lowest BCUT2D eigenvalue weighted by molar-refractivity contribution is 0.291. The van der Waals surface area contributed by atoms with Crippen LogP contribution in [0.2, 0.25) is 0 Å². The maximum absolute atomic E-state index is 5.97. The molecule has 0 spiro atoms. The van der Waals surface area contributed by atoms with Gasteiger partial charge in [-0.3, -0.25) is 0 Å². The number of halogens is 1. The van der Waals surface area contributed by atoms with Crippen LogP contribution in [0.4, 0.5) is 0 Å². The highest BCUT2D eigenvalue weighted by atomic mass is 79.9. The molecule has 0 radical (unpaired) electrons. The number of aromatic nitrogens is 2. The van der Waals surface area contributed by atoms with E-state index in [1.54, 1.807) is 0 Å². The second-order valence-electron chi connectivity index (χ2n) is 5.27. The van der Waals surface area contributed by atoms with Crippen LogP contribution in [-0.4, -0.2) is 9.55 Å². The number of fused-ring (bicyclic) bond motifs is 1. The molecule has 0 aliphatic rings. The Labute approximate surface area is 132 Å². The third-order valence-electron chi connectivity index (χ3n) is 3.51. The van der Waals surface area contributed by atoms with Crippen LogP contribution >= 0.6 is 15.9 Å². The zero-order chi connectivity index (χ0) is 14.8. The maximum atomic E-state index is 5.97. The number of nitrogens with zero attached hydrogens (tertiary/aromatic N) is 2. The molecule has 4 heteroatoms. The van der Waals surface area contributed by atoms with Crippen LogP contribution in [0.1, 0.15) is 25.6 Å². The van der Waals surface area contributed by atoms with Gasteiger partial charge in [0.25, 0.3) is 0 Å². The van der Waals surface area contributed by atoms with Crippen LogP contribution in [0.15, 0.2) is 53.4 Å². The number of hydrogen-bond donors (Lipinski definition) is 0. The number of hydrogen-bond acceptors (Lipinski definition) is 2. The van der Waals surface area contributed by atoms with Crippen LogP contribution in [0.25, 0.3) is 10.8 Å². The van der Waals surface area contributed by atoms with Crippen molar-refractivity contribution in [2.24, 2.45) is 0 Å². The summed E-state index contributed by atoms with van der Waals surface area (Å²) >= 11 is 3.65. The zero-order valence-electron chi connectivity index (χ0n) is 12.1. The minimum Gasteiger partial charge on any atom is -0.486 e. The lowest BCUT2D eigenvalue weighted by atomic mass is 10.1. The second kappa shape index (κ2) is 5.90. The average Bonchev–Trinajstić information content (AvgIpc) is 2.95. The van der Waals surface area contributed by atoms with Crippen molar-refractivity contribution in [1.82, 2.24) is 9.55 Å². The molecule has 0 fully saturated rings. The highest BCUT2D eigenvalue weighted by molar-refractivity contribution is 9.10. The van der Waals surface area contributed by atoms with E-state index in [0.717, 1.165) is 21.3 Å². The third kappa shape index (κ3) is 2.81. The molecule has 1 heterocycles. The molecule has 0 unspecified atom stereocenters. The Balaban J connectivity index is 1.85. The molecule has 0 saturated heterocycles. The van der Waals surface area contributed by atoms with Crippen molar-refractivity contribution in [2.45, 2.75) is 26.5 Å². The van der Waals surface area contributed by atoms with Gasteiger partial charge in [-0.25, -0.2) is 4.98 Å². The van der Waals surface area contributed by atoms with Gasteiger partial charge in [0.05, 0.1) is 22.7 Å². The standard InChI is InChI=1S/C17H17BrN2O/c1-12(2)20-11-19-9-14(20)10-21-16-8-7-13-5-3-4-6-15(13)17(16)18/h3-9,11-12H,10H2,1-2H3. The van der Waals surface area contributed by atoms with E-state index in [-0.39, 0.29) is 0 Å². The van der Waals surface area contributed by atoms with E-state index in [1.165, 1.54) is 5.39 Å². The first kappa shape index (κ1) is 14.1. The van der Waals surface area contributed by atoms with Crippen LogP contribution in [0, 0.1) is 0 Å². The van der Waals surface area contributed by atoms with Crippen molar-refractivity contribution in [3.63, 3.8) is 0 Å². The molecule has 108 valence electrons. The first-order chi connectivity index (χ1) is 10.2. The Morgan fingerprint density at radius 1 is 1.19 bits per heavy atom. The lowest BCUT2D eigenvalue weighted by Crippen LogP contribution is -2.07. The van der Waals surface area contributed by atoms with Crippen LogP contribution in [0.3, 0.4) is 0 Å². The highest BCUT2D eigenvalue weighted by Crippen LogP contribution is 2.33. The van der Waals surface area contributed by atoms with Crippen molar-refractivity contribution in [1.29, 1.82) is 0 Å². The monoisotopic (exact) mass is 344 g/mol. The van der Waals surface area contributed by atoms with E-state index in [0.29, 0.717) is 12.6 Å². The number of imidazole rings is 1. The van der Waals surface area contributed by atoms with E-state index in [9.17, 15) is 0 Å². The summed E-state index contributed by atoms with van der Waals surface area (Å²) in [5, 5.41) is 2.36. The quantitative estimate of drug-likeness (QED) is 0.668. The minimum atomic E-state index is 0.381.